The van der Waals surface area contributed by atoms with Crippen LogP contribution >= 0.6 is 11.3 Å². The van der Waals surface area contributed by atoms with Gasteiger partial charge >= 0.3 is 0 Å². The Morgan fingerprint density at radius 3 is 2.26 bits per heavy atom. The second-order valence-electron chi connectivity index (χ2n) is 12.3. The Labute approximate surface area is 309 Å². The van der Waals surface area contributed by atoms with E-state index in [1.54, 1.807) is 32.9 Å². The first-order valence-electron chi connectivity index (χ1n) is 16.6. The molecule has 1 aliphatic rings. The van der Waals surface area contributed by atoms with E-state index in [0.717, 1.165) is 17.4 Å². The van der Waals surface area contributed by atoms with E-state index in [9.17, 15) is 51.6 Å². The largest absolute Gasteiger partial charge is 0.508 e. The number of aromatic hydroxyl groups is 1. The molecule has 8 N–H and O–H groups in total. The Balaban J connectivity index is 2.08. The standard InChI is InChI=1S/C33H43N7O11S2/c1-4-6-22-30(46)40-27(18(3)5-2)28(44)32(48)39-23(13-19-7-10-21(42)11-8-19)33-36-20(15-52-33)9-12-26(43)37-25(16-53(49,50)51)29(45)34-14-24(35-17-41)31(47)38-22/h7-12,15,17-18,22-25,27,42H,4-6,13-14,16H2,1-3H3,(H,34,45)(H,35,41)(H,37,43)(H,38,47)(H,39,48)(H,40,46)(H,49,50,51)/b12-9+/t18-,22-,23-,24-,25-,27-/m0/s1. The number of rotatable bonds is 10. The molecule has 0 radical (unpaired) electrons. The normalized spacial score (nSPS) is 23.8. The van der Waals surface area contributed by atoms with Crippen LogP contribution in [0.5, 0.6) is 5.75 Å². The summed E-state index contributed by atoms with van der Waals surface area (Å²) in [6.07, 6.45) is 3.29. The third kappa shape index (κ3) is 13.1. The molecule has 0 spiro atoms. The summed E-state index contributed by atoms with van der Waals surface area (Å²) in [4.78, 5) is 95.8. The second-order valence-corrected chi connectivity index (χ2v) is 14.7. The summed E-state index contributed by atoms with van der Waals surface area (Å²) in [6, 6.07) is -0.693. The molecule has 0 aliphatic carbocycles. The van der Waals surface area contributed by atoms with Crippen molar-refractivity contribution in [2.75, 3.05) is 12.3 Å². The van der Waals surface area contributed by atoms with Crippen LogP contribution in [-0.4, -0.2) is 101 Å². The molecule has 0 saturated heterocycles. The van der Waals surface area contributed by atoms with Gasteiger partial charge in [0.05, 0.1) is 17.8 Å². The zero-order valence-electron chi connectivity index (χ0n) is 29.2. The Hall–Kier alpha value is -5.21. The van der Waals surface area contributed by atoms with Gasteiger partial charge in [0.25, 0.3) is 16.0 Å². The van der Waals surface area contributed by atoms with Gasteiger partial charge in [-0.2, -0.15) is 8.42 Å². The fourth-order valence-corrected chi connectivity index (χ4v) is 6.66. The zero-order valence-corrected chi connectivity index (χ0v) is 30.8. The Bertz CT molecular complexity index is 1800. The summed E-state index contributed by atoms with van der Waals surface area (Å²) in [5.41, 5.74) is 0.874. The first-order chi connectivity index (χ1) is 25.0. The highest BCUT2D eigenvalue weighted by atomic mass is 32.2. The number of phenolic OH excluding ortho intramolecular Hbond substituents is 1. The number of carbonyl (C=O) groups is 7. The molecule has 6 atom stereocenters. The van der Waals surface area contributed by atoms with Gasteiger partial charge in [-0.3, -0.25) is 38.1 Å². The van der Waals surface area contributed by atoms with Crippen LogP contribution in [-0.2, 0) is 50.1 Å². The summed E-state index contributed by atoms with van der Waals surface area (Å²) in [6.45, 7) is 4.53. The Morgan fingerprint density at radius 1 is 0.943 bits per heavy atom. The lowest BCUT2D eigenvalue weighted by Crippen LogP contribution is -2.59. The van der Waals surface area contributed by atoms with Crippen LogP contribution in [0.3, 0.4) is 0 Å². The molecule has 288 valence electrons. The predicted molar refractivity (Wildman–Crippen MR) is 191 cm³/mol. The van der Waals surface area contributed by atoms with E-state index in [1.807, 2.05) is 0 Å². The smallest absolute Gasteiger partial charge is 0.290 e. The number of aromatic nitrogens is 1. The number of hydrogen-bond acceptors (Lipinski definition) is 12. The van der Waals surface area contributed by atoms with Gasteiger partial charge < -0.3 is 37.0 Å². The molecular weight excluding hydrogens is 735 g/mol. The van der Waals surface area contributed by atoms with Crippen molar-refractivity contribution in [2.45, 2.75) is 76.7 Å². The number of amides is 6. The topological polar surface area (TPSA) is 279 Å². The molecule has 0 unspecified atom stereocenters. The number of nitrogens with zero attached hydrogens (tertiary/aromatic N) is 1. The Morgan fingerprint density at radius 2 is 1.64 bits per heavy atom. The van der Waals surface area contributed by atoms with Crippen molar-refractivity contribution in [1.29, 1.82) is 0 Å². The van der Waals surface area contributed by atoms with Gasteiger partial charge in [-0.15, -0.1) is 11.3 Å². The number of carbonyl (C=O) groups excluding carboxylic acids is 7. The lowest BCUT2D eigenvalue weighted by Gasteiger charge is -2.27. The first-order valence-corrected chi connectivity index (χ1v) is 19.1. The van der Waals surface area contributed by atoms with E-state index in [1.165, 1.54) is 23.6 Å². The van der Waals surface area contributed by atoms with Gasteiger partial charge in [-0.25, -0.2) is 4.98 Å². The van der Waals surface area contributed by atoms with Crippen LogP contribution in [0.2, 0.25) is 0 Å². The number of ketones is 1. The van der Waals surface area contributed by atoms with Gasteiger partial charge in [-0.05, 0) is 42.5 Å². The van der Waals surface area contributed by atoms with E-state index in [4.69, 9.17) is 0 Å². The lowest BCUT2D eigenvalue weighted by atomic mass is 9.94. The van der Waals surface area contributed by atoms with Gasteiger partial charge in [0.15, 0.2) is 0 Å². The van der Waals surface area contributed by atoms with Crippen LogP contribution in [0.1, 0.15) is 62.3 Å². The minimum Gasteiger partial charge on any atom is -0.508 e. The van der Waals surface area contributed by atoms with E-state index >= 15 is 0 Å². The molecule has 2 aromatic rings. The number of fused-ring (bicyclic) bond motifs is 2. The highest BCUT2D eigenvalue weighted by Crippen LogP contribution is 2.24. The number of hydrogen-bond donors (Lipinski definition) is 8. The Kier molecular flexibility index (Phi) is 15.6. The molecule has 1 aliphatic heterocycles. The highest BCUT2D eigenvalue weighted by molar-refractivity contribution is 7.85. The molecule has 0 fully saturated rings. The summed E-state index contributed by atoms with van der Waals surface area (Å²) < 4.78 is 32.9. The molecule has 1 aromatic heterocycles. The summed E-state index contributed by atoms with van der Waals surface area (Å²) in [5.74, 6) is -7.56. The molecular formula is C33H43N7O11S2. The fourth-order valence-electron chi connectivity index (χ4n) is 5.17. The zero-order chi connectivity index (χ0) is 39.3. The molecule has 53 heavy (non-hydrogen) atoms. The maximum Gasteiger partial charge on any atom is 0.290 e. The van der Waals surface area contributed by atoms with Crippen molar-refractivity contribution in [3.63, 3.8) is 0 Å². The third-order valence-electron chi connectivity index (χ3n) is 8.23. The van der Waals surface area contributed by atoms with Crippen LogP contribution < -0.4 is 31.9 Å². The van der Waals surface area contributed by atoms with Crippen LogP contribution in [0.4, 0.5) is 0 Å². The van der Waals surface area contributed by atoms with Crippen molar-refractivity contribution < 1.29 is 51.6 Å². The molecule has 0 saturated carbocycles. The number of thiazole rings is 1. The SMILES string of the molecule is CCC[C@@H]1NC(=O)[C@@H](NC=O)CNC(=O)[C@H](CS(=O)(=O)O)NC(=O)/C=C/c2csc(n2)[C@H](Cc2ccc(O)cc2)NC(=O)C(=O)[C@H]([C@@H](C)CC)NC1=O. The average molecular weight is 778 g/mol. The number of Topliss-reactive ketones (excluding diaryl/α,β-unsaturated/α-hetero) is 1. The molecule has 1 aromatic carbocycles. The van der Waals surface area contributed by atoms with Crippen molar-refractivity contribution >= 4 is 69.3 Å². The summed E-state index contributed by atoms with van der Waals surface area (Å²) in [7, 11) is -4.81. The quantitative estimate of drug-likeness (QED) is 0.0842. The average Bonchev–Trinajstić information content (AvgIpc) is 3.58. The van der Waals surface area contributed by atoms with Crippen molar-refractivity contribution in [3.05, 3.63) is 52.0 Å². The van der Waals surface area contributed by atoms with Gasteiger partial charge in [-0.1, -0.05) is 45.7 Å². The molecule has 2 heterocycles. The molecule has 18 nitrogen and oxygen atoms in total. The van der Waals surface area contributed by atoms with E-state index in [0.29, 0.717) is 23.4 Å². The maximum atomic E-state index is 13.7. The number of nitrogens with one attached hydrogen (secondary N) is 6. The summed E-state index contributed by atoms with van der Waals surface area (Å²) >= 11 is 1.09. The minimum absolute atomic E-state index is 0.00647. The fraction of sp³-hybridized carbons (Fsp3) is 0.455. The predicted octanol–water partition coefficient (Wildman–Crippen LogP) is -0.736. The van der Waals surface area contributed by atoms with Crippen LogP contribution in [0.25, 0.3) is 6.08 Å². The number of benzene rings is 1. The lowest BCUT2D eigenvalue weighted by molar-refractivity contribution is -0.141. The van der Waals surface area contributed by atoms with Crippen molar-refractivity contribution in [2.24, 2.45) is 5.92 Å². The van der Waals surface area contributed by atoms with Gasteiger partial charge in [0, 0.05) is 18.0 Å². The first kappa shape index (κ1) is 42.2. The third-order valence-corrected chi connectivity index (χ3v) is 9.96. The maximum absolute atomic E-state index is 13.7. The van der Waals surface area contributed by atoms with Crippen LogP contribution in [0, 0.1) is 5.92 Å². The van der Waals surface area contributed by atoms with E-state index in [2.05, 4.69) is 36.9 Å². The molecule has 20 heteroatoms. The molecule has 2 bridgehead atoms. The molecule has 6 amide bonds. The highest BCUT2D eigenvalue weighted by Gasteiger charge is 2.35. The van der Waals surface area contributed by atoms with E-state index in [-0.39, 0.29) is 30.7 Å². The van der Waals surface area contributed by atoms with E-state index < -0.39 is 93.9 Å². The van der Waals surface area contributed by atoms with Gasteiger partial charge in [0.2, 0.25) is 35.8 Å². The summed E-state index contributed by atoms with van der Waals surface area (Å²) in [5, 5.41) is 26.0. The second kappa shape index (κ2) is 19.6. The van der Waals surface area contributed by atoms with Crippen molar-refractivity contribution in [3.8, 4) is 5.75 Å². The number of phenols is 1. The monoisotopic (exact) mass is 777 g/mol. The van der Waals surface area contributed by atoms with Gasteiger partial charge in [0.1, 0.15) is 34.6 Å². The minimum atomic E-state index is -4.81. The molecule has 3 rings (SSSR count). The van der Waals surface area contributed by atoms with Crippen molar-refractivity contribution in [1.82, 2.24) is 36.9 Å². The van der Waals surface area contributed by atoms with Crippen LogP contribution in [0.15, 0.2) is 35.7 Å².